The van der Waals surface area contributed by atoms with Crippen LogP contribution in [0.5, 0.6) is 5.75 Å². The summed E-state index contributed by atoms with van der Waals surface area (Å²) in [6.07, 6.45) is 5.29. The van der Waals surface area contributed by atoms with Crippen LogP contribution in [0.15, 0.2) is 23.2 Å². The highest BCUT2D eigenvalue weighted by Gasteiger charge is 2.23. The average Bonchev–Trinajstić information content (AvgIpc) is 2.92. The molecule has 124 valence electrons. The number of carbonyl (C=O) groups is 1. The van der Waals surface area contributed by atoms with Crippen LogP contribution in [0.2, 0.25) is 0 Å². The summed E-state index contributed by atoms with van der Waals surface area (Å²) < 4.78 is 0. The van der Waals surface area contributed by atoms with Crippen molar-refractivity contribution in [2.24, 2.45) is 10.7 Å². The molecule has 8 heteroatoms. The first kappa shape index (κ1) is 16.1. The molecule has 7 nitrogen and oxygen atoms in total. The van der Waals surface area contributed by atoms with Gasteiger partial charge >= 0.3 is 5.69 Å². The zero-order chi connectivity index (χ0) is 17.3. The number of nitro groups is 1. The highest BCUT2D eigenvalue weighted by atomic mass is 32.1. The van der Waals surface area contributed by atoms with Crippen molar-refractivity contribution in [2.75, 3.05) is 0 Å². The molecule has 1 amide bonds. The number of rotatable bonds is 4. The van der Waals surface area contributed by atoms with E-state index >= 15 is 0 Å². The Bertz CT molecular complexity index is 857. The van der Waals surface area contributed by atoms with E-state index in [1.807, 2.05) is 0 Å². The minimum Gasteiger partial charge on any atom is -0.502 e. The number of aryl methyl sites for hydroxylation is 1. The number of hydrogen-bond donors (Lipinski definition) is 2. The lowest BCUT2D eigenvalue weighted by molar-refractivity contribution is -0.385. The van der Waals surface area contributed by atoms with Gasteiger partial charge in [-0.3, -0.25) is 14.9 Å². The lowest BCUT2D eigenvalue weighted by Crippen LogP contribution is -2.14. The van der Waals surface area contributed by atoms with Gasteiger partial charge in [0.05, 0.1) is 10.5 Å². The molecule has 0 unspecified atom stereocenters. The number of amides is 1. The molecule has 0 aliphatic heterocycles. The lowest BCUT2D eigenvalue weighted by Gasteiger charge is -2.10. The van der Waals surface area contributed by atoms with Gasteiger partial charge in [0.2, 0.25) is 0 Å². The predicted molar refractivity (Wildman–Crippen MR) is 91.5 cm³/mol. The van der Waals surface area contributed by atoms with Gasteiger partial charge in [-0.05, 0) is 48.9 Å². The fourth-order valence-electron chi connectivity index (χ4n) is 2.80. The van der Waals surface area contributed by atoms with E-state index in [4.69, 9.17) is 5.73 Å². The largest absolute Gasteiger partial charge is 0.502 e. The van der Waals surface area contributed by atoms with Crippen molar-refractivity contribution in [2.45, 2.75) is 25.7 Å². The molecule has 0 fully saturated rings. The van der Waals surface area contributed by atoms with E-state index in [2.05, 4.69) is 4.99 Å². The predicted octanol–water partition coefficient (Wildman–Crippen LogP) is 3.09. The van der Waals surface area contributed by atoms with Gasteiger partial charge in [0, 0.05) is 17.2 Å². The molecular formula is C16H15N3O4S. The van der Waals surface area contributed by atoms with E-state index in [9.17, 15) is 20.0 Å². The second-order valence-corrected chi connectivity index (χ2v) is 6.60. The number of benzene rings is 1. The Morgan fingerprint density at radius 1 is 1.38 bits per heavy atom. The fourth-order valence-corrected chi connectivity index (χ4v) is 4.04. The van der Waals surface area contributed by atoms with Crippen molar-refractivity contribution >= 4 is 34.1 Å². The van der Waals surface area contributed by atoms with Gasteiger partial charge in [0.15, 0.2) is 5.75 Å². The van der Waals surface area contributed by atoms with Crippen LogP contribution in [-0.4, -0.2) is 22.2 Å². The zero-order valence-electron chi connectivity index (χ0n) is 12.7. The monoisotopic (exact) mass is 345 g/mol. The zero-order valence-corrected chi connectivity index (χ0v) is 13.5. The van der Waals surface area contributed by atoms with Gasteiger partial charge in [-0.1, -0.05) is 0 Å². The molecule has 3 N–H and O–H groups in total. The van der Waals surface area contributed by atoms with E-state index in [0.29, 0.717) is 16.1 Å². The molecule has 1 heterocycles. The Kier molecular flexibility index (Phi) is 4.30. The Balaban J connectivity index is 1.98. The van der Waals surface area contributed by atoms with E-state index in [-0.39, 0.29) is 5.69 Å². The van der Waals surface area contributed by atoms with Gasteiger partial charge in [-0.15, -0.1) is 11.3 Å². The second kappa shape index (κ2) is 6.40. The minimum atomic E-state index is -0.661. The number of nitrogens with zero attached hydrogens (tertiary/aromatic N) is 2. The number of nitrogens with two attached hydrogens (primary N) is 1. The number of aromatic hydroxyl groups is 1. The van der Waals surface area contributed by atoms with Crippen LogP contribution in [0.25, 0.3) is 0 Å². The smallest absolute Gasteiger partial charge is 0.311 e. The molecule has 0 radical (unpaired) electrons. The number of aliphatic imine (C=N–C) groups is 1. The molecule has 0 saturated heterocycles. The Morgan fingerprint density at radius 2 is 2.12 bits per heavy atom. The molecule has 3 rings (SSSR count). The number of thiophene rings is 1. The maximum atomic E-state index is 11.8. The molecule has 24 heavy (non-hydrogen) atoms. The van der Waals surface area contributed by atoms with Crippen molar-refractivity contribution < 1.29 is 14.8 Å². The highest BCUT2D eigenvalue weighted by Crippen LogP contribution is 2.39. The average molecular weight is 345 g/mol. The maximum Gasteiger partial charge on any atom is 0.311 e. The molecule has 0 spiro atoms. The van der Waals surface area contributed by atoms with Crippen LogP contribution in [-0.2, 0) is 12.8 Å². The third kappa shape index (κ3) is 3.00. The standard InChI is InChI=1S/C16H15N3O4S/c17-15(21)14-10-3-1-2-4-13(10)24-16(14)18-8-9-5-6-12(20)11(7-9)19(22)23/h5-8,20H,1-4H2,(H2,17,21)/b18-8+. The van der Waals surface area contributed by atoms with Gasteiger partial charge in [-0.25, -0.2) is 4.99 Å². The third-order valence-corrected chi connectivity index (χ3v) is 5.13. The van der Waals surface area contributed by atoms with Gasteiger partial charge < -0.3 is 10.8 Å². The normalized spacial score (nSPS) is 13.8. The quantitative estimate of drug-likeness (QED) is 0.502. The first-order valence-electron chi connectivity index (χ1n) is 7.43. The van der Waals surface area contributed by atoms with Crippen molar-refractivity contribution in [3.8, 4) is 5.75 Å². The van der Waals surface area contributed by atoms with Crippen molar-refractivity contribution in [3.63, 3.8) is 0 Å². The van der Waals surface area contributed by atoms with Crippen LogP contribution < -0.4 is 5.73 Å². The van der Waals surface area contributed by atoms with Crippen molar-refractivity contribution in [1.29, 1.82) is 0 Å². The summed E-state index contributed by atoms with van der Waals surface area (Å²) in [4.78, 5) is 27.5. The van der Waals surface area contributed by atoms with Crippen LogP contribution in [0, 0.1) is 10.1 Å². The van der Waals surface area contributed by atoms with Gasteiger partial charge in [-0.2, -0.15) is 0 Å². The van der Waals surface area contributed by atoms with E-state index in [1.165, 1.54) is 35.8 Å². The van der Waals surface area contributed by atoms with Gasteiger partial charge in [0.1, 0.15) is 5.00 Å². The van der Waals surface area contributed by atoms with Gasteiger partial charge in [0.25, 0.3) is 5.91 Å². The first-order chi connectivity index (χ1) is 11.5. The van der Waals surface area contributed by atoms with Crippen LogP contribution in [0.1, 0.15) is 39.2 Å². The van der Waals surface area contributed by atoms with Crippen LogP contribution in [0.3, 0.4) is 0 Å². The molecule has 1 aromatic heterocycles. The number of nitro benzene ring substituents is 1. The number of primary amides is 1. The summed E-state index contributed by atoms with van der Waals surface area (Å²) >= 11 is 1.44. The molecule has 0 saturated carbocycles. The van der Waals surface area contributed by atoms with Crippen molar-refractivity contribution in [3.05, 3.63) is 49.9 Å². The van der Waals surface area contributed by atoms with E-state index < -0.39 is 16.6 Å². The summed E-state index contributed by atoms with van der Waals surface area (Å²) in [5.41, 5.74) is 7.02. The topological polar surface area (TPSA) is 119 Å². The lowest BCUT2D eigenvalue weighted by atomic mass is 9.95. The molecule has 0 bridgehead atoms. The SMILES string of the molecule is NC(=O)c1c(/N=C/c2ccc(O)c([N+](=O)[O-])c2)sc2c1CCCC2. The summed E-state index contributed by atoms with van der Waals surface area (Å²) in [5.74, 6) is -0.903. The van der Waals surface area contributed by atoms with Crippen LogP contribution in [0.4, 0.5) is 10.7 Å². The molecule has 1 aromatic carbocycles. The first-order valence-corrected chi connectivity index (χ1v) is 8.25. The summed E-state index contributed by atoms with van der Waals surface area (Å²) in [7, 11) is 0. The molecule has 1 aliphatic rings. The highest BCUT2D eigenvalue weighted by molar-refractivity contribution is 7.16. The molecule has 2 aromatic rings. The third-order valence-electron chi connectivity index (χ3n) is 3.93. The Labute approximate surface area is 141 Å². The minimum absolute atomic E-state index is 0.389. The number of carbonyl (C=O) groups excluding carboxylic acids is 1. The molecular weight excluding hydrogens is 330 g/mol. The Hall–Kier alpha value is -2.74. The van der Waals surface area contributed by atoms with Crippen molar-refractivity contribution in [1.82, 2.24) is 0 Å². The molecule has 0 atom stereocenters. The number of fused-ring (bicyclic) bond motifs is 1. The fraction of sp³-hybridized carbons (Fsp3) is 0.250. The van der Waals surface area contributed by atoms with Crippen LogP contribution >= 0.6 is 11.3 Å². The Morgan fingerprint density at radius 3 is 2.83 bits per heavy atom. The second-order valence-electron chi connectivity index (χ2n) is 5.52. The summed E-state index contributed by atoms with van der Waals surface area (Å²) in [6, 6.07) is 3.99. The van der Waals surface area contributed by atoms with E-state index in [1.54, 1.807) is 0 Å². The number of hydrogen-bond acceptors (Lipinski definition) is 6. The van der Waals surface area contributed by atoms with E-state index in [0.717, 1.165) is 36.1 Å². The number of phenolic OH excluding ortho intramolecular Hbond substituents is 1. The molecule has 1 aliphatic carbocycles. The number of phenols is 1. The summed E-state index contributed by atoms with van der Waals surface area (Å²) in [5, 5.41) is 20.9. The summed E-state index contributed by atoms with van der Waals surface area (Å²) in [6.45, 7) is 0. The maximum absolute atomic E-state index is 11.8.